The summed E-state index contributed by atoms with van der Waals surface area (Å²) in [6, 6.07) is 3.56. The van der Waals surface area contributed by atoms with Crippen molar-refractivity contribution in [2.75, 3.05) is 12.3 Å². The molecule has 0 unspecified atom stereocenters. The molecule has 0 aromatic carbocycles. The van der Waals surface area contributed by atoms with E-state index in [0.717, 1.165) is 5.56 Å². The molecule has 1 aromatic heterocycles. The van der Waals surface area contributed by atoms with Crippen molar-refractivity contribution in [3.63, 3.8) is 0 Å². The number of hydrogen-bond donors (Lipinski definition) is 2. The predicted molar refractivity (Wildman–Crippen MR) is 61.4 cm³/mol. The first-order valence-electron chi connectivity index (χ1n) is 5.04. The standard InChI is InChI=1S/C10H16N2O3S/c1-9(13)8-12-16(14,15)7-4-10-2-5-11-6-3-10/h2-3,5-6,9,12-13H,4,7-8H2,1H3/t9-/m0/s1. The molecule has 16 heavy (non-hydrogen) atoms. The first kappa shape index (κ1) is 13.1. The highest BCUT2D eigenvalue weighted by Crippen LogP contribution is 1.99. The molecule has 0 spiro atoms. The zero-order valence-electron chi connectivity index (χ0n) is 9.13. The van der Waals surface area contributed by atoms with Crippen LogP contribution in [0.1, 0.15) is 12.5 Å². The van der Waals surface area contributed by atoms with Gasteiger partial charge in [0.25, 0.3) is 0 Å². The second-order valence-corrected chi connectivity index (χ2v) is 5.55. The number of hydrogen-bond acceptors (Lipinski definition) is 4. The number of aromatic nitrogens is 1. The Morgan fingerprint density at radius 3 is 2.62 bits per heavy atom. The van der Waals surface area contributed by atoms with Gasteiger partial charge in [-0.05, 0) is 31.0 Å². The van der Waals surface area contributed by atoms with Gasteiger partial charge in [0.2, 0.25) is 10.0 Å². The van der Waals surface area contributed by atoms with Crippen LogP contribution >= 0.6 is 0 Å². The molecule has 0 fully saturated rings. The fourth-order valence-electron chi connectivity index (χ4n) is 1.12. The lowest BCUT2D eigenvalue weighted by molar-refractivity contribution is 0.198. The molecule has 1 heterocycles. The molecule has 90 valence electrons. The van der Waals surface area contributed by atoms with E-state index in [1.807, 2.05) is 0 Å². The first-order chi connectivity index (χ1) is 7.49. The maximum absolute atomic E-state index is 11.5. The van der Waals surface area contributed by atoms with Crippen molar-refractivity contribution in [3.05, 3.63) is 30.1 Å². The molecule has 1 atom stereocenters. The normalized spacial score (nSPS) is 13.6. The van der Waals surface area contributed by atoms with Gasteiger partial charge in [-0.25, -0.2) is 13.1 Å². The maximum Gasteiger partial charge on any atom is 0.212 e. The monoisotopic (exact) mass is 244 g/mol. The van der Waals surface area contributed by atoms with Crippen molar-refractivity contribution in [1.82, 2.24) is 9.71 Å². The van der Waals surface area contributed by atoms with Crippen LogP contribution in [0.5, 0.6) is 0 Å². The number of aliphatic hydroxyl groups is 1. The molecule has 0 bridgehead atoms. The smallest absolute Gasteiger partial charge is 0.212 e. The summed E-state index contributed by atoms with van der Waals surface area (Å²) < 4.78 is 25.3. The zero-order valence-corrected chi connectivity index (χ0v) is 9.94. The summed E-state index contributed by atoms with van der Waals surface area (Å²) in [6.07, 6.45) is 3.03. The summed E-state index contributed by atoms with van der Waals surface area (Å²) in [5.74, 6) is 0.0176. The Morgan fingerprint density at radius 1 is 1.44 bits per heavy atom. The van der Waals surface area contributed by atoms with E-state index < -0.39 is 16.1 Å². The van der Waals surface area contributed by atoms with Crippen LogP contribution in [0.3, 0.4) is 0 Å². The van der Waals surface area contributed by atoms with E-state index >= 15 is 0 Å². The number of pyridine rings is 1. The first-order valence-corrected chi connectivity index (χ1v) is 6.69. The Labute approximate surface area is 95.6 Å². The fraction of sp³-hybridized carbons (Fsp3) is 0.500. The van der Waals surface area contributed by atoms with E-state index in [9.17, 15) is 8.42 Å². The molecular formula is C10H16N2O3S. The summed E-state index contributed by atoms with van der Waals surface area (Å²) in [5.41, 5.74) is 0.928. The van der Waals surface area contributed by atoms with Crippen molar-refractivity contribution in [3.8, 4) is 0 Å². The minimum Gasteiger partial charge on any atom is -0.392 e. The van der Waals surface area contributed by atoms with Crippen LogP contribution in [0, 0.1) is 0 Å². The molecule has 0 radical (unpaired) electrons. The molecule has 5 nitrogen and oxygen atoms in total. The van der Waals surface area contributed by atoms with Gasteiger partial charge in [-0.1, -0.05) is 0 Å². The van der Waals surface area contributed by atoms with Crippen molar-refractivity contribution >= 4 is 10.0 Å². The van der Waals surface area contributed by atoms with Crippen molar-refractivity contribution in [2.24, 2.45) is 0 Å². The summed E-state index contributed by atoms with van der Waals surface area (Å²) in [7, 11) is -3.31. The fourth-order valence-corrected chi connectivity index (χ4v) is 2.27. The Kier molecular flexibility index (Phi) is 4.85. The molecule has 0 aliphatic heterocycles. The largest absolute Gasteiger partial charge is 0.392 e. The third-order valence-electron chi connectivity index (χ3n) is 2.01. The van der Waals surface area contributed by atoms with Crippen molar-refractivity contribution in [2.45, 2.75) is 19.4 Å². The van der Waals surface area contributed by atoms with Crippen LogP contribution in [-0.4, -0.2) is 36.9 Å². The van der Waals surface area contributed by atoms with E-state index in [0.29, 0.717) is 6.42 Å². The molecule has 1 rings (SSSR count). The summed E-state index contributed by atoms with van der Waals surface area (Å²) in [4.78, 5) is 3.85. The predicted octanol–water partition coefficient (Wildman–Crippen LogP) is -0.0757. The number of rotatable bonds is 6. The minimum absolute atomic E-state index is 0.0176. The third kappa shape index (κ3) is 5.20. The molecule has 6 heteroatoms. The van der Waals surface area contributed by atoms with Gasteiger partial charge < -0.3 is 5.11 Å². The Morgan fingerprint density at radius 2 is 2.06 bits per heavy atom. The Bertz CT molecular complexity index is 403. The van der Waals surface area contributed by atoms with Gasteiger partial charge in [0.05, 0.1) is 11.9 Å². The van der Waals surface area contributed by atoms with Gasteiger partial charge >= 0.3 is 0 Å². The second kappa shape index (κ2) is 5.93. The van der Waals surface area contributed by atoms with E-state index in [1.165, 1.54) is 6.92 Å². The van der Waals surface area contributed by atoms with E-state index in [-0.39, 0.29) is 12.3 Å². The Hall–Kier alpha value is -0.980. The zero-order chi connectivity index (χ0) is 12.0. The topological polar surface area (TPSA) is 79.3 Å². The molecule has 1 aromatic rings. The van der Waals surface area contributed by atoms with Gasteiger partial charge in [-0.3, -0.25) is 4.98 Å². The highest BCUT2D eigenvalue weighted by atomic mass is 32.2. The summed E-state index contributed by atoms with van der Waals surface area (Å²) in [5, 5.41) is 8.97. The van der Waals surface area contributed by atoms with Gasteiger partial charge in [0.1, 0.15) is 0 Å². The van der Waals surface area contributed by atoms with Crippen LogP contribution in [0.4, 0.5) is 0 Å². The number of aliphatic hydroxyl groups excluding tert-OH is 1. The lowest BCUT2D eigenvalue weighted by atomic mass is 10.2. The molecule has 0 saturated carbocycles. The number of nitrogens with zero attached hydrogens (tertiary/aromatic N) is 1. The number of sulfonamides is 1. The minimum atomic E-state index is -3.31. The van der Waals surface area contributed by atoms with Crippen LogP contribution < -0.4 is 4.72 Å². The van der Waals surface area contributed by atoms with Crippen molar-refractivity contribution < 1.29 is 13.5 Å². The maximum atomic E-state index is 11.5. The highest BCUT2D eigenvalue weighted by Gasteiger charge is 2.10. The highest BCUT2D eigenvalue weighted by molar-refractivity contribution is 7.89. The van der Waals surface area contributed by atoms with Gasteiger partial charge in [-0.15, -0.1) is 0 Å². The van der Waals surface area contributed by atoms with Gasteiger partial charge in [0.15, 0.2) is 0 Å². The third-order valence-corrected chi connectivity index (χ3v) is 3.36. The second-order valence-electron chi connectivity index (χ2n) is 3.62. The van der Waals surface area contributed by atoms with Crippen LogP contribution in [0.15, 0.2) is 24.5 Å². The van der Waals surface area contributed by atoms with Crippen molar-refractivity contribution in [1.29, 1.82) is 0 Å². The van der Waals surface area contributed by atoms with E-state index in [4.69, 9.17) is 5.11 Å². The average Bonchev–Trinajstić information content (AvgIpc) is 2.26. The molecule has 0 aliphatic rings. The average molecular weight is 244 g/mol. The Balaban J connectivity index is 2.42. The molecule has 0 amide bonds. The van der Waals surface area contributed by atoms with E-state index in [1.54, 1.807) is 24.5 Å². The van der Waals surface area contributed by atoms with Crippen LogP contribution in [0.25, 0.3) is 0 Å². The molecule has 2 N–H and O–H groups in total. The SMILES string of the molecule is C[C@H](O)CNS(=O)(=O)CCc1ccncc1. The lowest BCUT2D eigenvalue weighted by Crippen LogP contribution is -2.33. The van der Waals surface area contributed by atoms with Crippen LogP contribution in [-0.2, 0) is 16.4 Å². The van der Waals surface area contributed by atoms with Gasteiger partial charge in [0, 0.05) is 18.9 Å². The summed E-state index contributed by atoms with van der Waals surface area (Å²) in [6.45, 7) is 1.59. The molecular weight excluding hydrogens is 228 g/mol. The number of aryl methyl sites for hydroxylation is 1. The molecule has 0 saturated heterocycles. The van der Waals surface area contributed by atoms with Crippen LogP contribution in [0.2, 0.25) is 0 Å². The quantitative estimate of drug-likeness (QED) is 0.734. The molecule has 0 aliphatic carbocycles. The lowest BCUT2D eigenvalue weighted by Gasteiger charge is -2.08. The summed E-state index contributed by atoms with van der Waals surface area (Å²) >= 11 is 0. The van der Waals surface area contributed by atoms with E-state index in [2.05, 4.69) is 9.71 Å². The number of nitrogens with one attached hydrogen (secondary N) is 1. The van der Waals surface area contributed by atoms with Gasteiger partial charge in [-0.2, -0.15) is 0 Å².